The SMILES string of the molecule is Cc1[nH]n(-c2cccc3ccccc23)c(=O)c1C=Nc1ccc2c(c1)C(=O)NC2=O. The second kappa shape index (κ2) is 6.66. The first-order valence-corrected chi connectivity index (χ1v) is 9.36. The lowest BCUT2D eigenvalue weighted by Gasteiger charge is -2.06. The van der Waals surface area contributed by atoms with Crippen molar-refractivity contribution < 1.29 is 9.59 Å². The molecule has 0 aliphatic carbocycles. The van der Waals surface area contributed by atoms with Crippen LogP contribution in [0.3, 0.4) is 0 Å². The molecule has 1 aromatic heterocycles. The zero-order valence-electron chi connectivity index (χ0n) is 16.0. The number of aromatic amines is 1. The number of benzene rings is 3. The topological polar surface area (TPSA) is 96.3 Å². The molecule has 0 radical (unpaired) electrons. The Hall–Kier alpha value is -4.26. The van der Waals surface area contributed by atoms with Crippen LogP contribution in [0.4, 0.5) is 5.69 Å². The van der Waals surface area contributed by atoms with E-state index in [1.165, 1.54) is 17.0 Å². The Bertz CT molecular complexity index is 1440. The van der Waals surface area contributed by atoms with E-state index in [9.17, 15) is 14.4 Å². The summed E-state index contributed by atoms with van der Waals surface area (Å²) in [6, 6.07) is 18.4. The lowest BCUT2D eigenvalue weighted by Crippen LogP contribution is -2.19. The molecule has 2 N–H and O–H groups in total. The van der Waals surface area contributed by atoms with Crippen molar-refractivity contribution in [1.82, 2.24) is 15.1 Å². The number of carbonyl (C=O) groups is 2. The first kappa shape index (κ1) is 17.8. The van der Waals surface area contributed by atoms with Gasteiger partial charge in [0.05, 0.1) is 28.1 Å². The molecular formula is C23H16N4O3. The maximum Gasteiger partial charge on any atom is 0.280 e. The maximum atomic E-state index is 13.1. The zero-order valence-corrected chi connectivity index (χ0v) is 16.0. The average molecular weight is 396 g/mol. The Morgan fingerprint density at radius 1 is 0.900 bits per heavy atom. The van der Waals surface area contributed by atoms with Crippen molar-refractivity contribution in [1.29, 1.82) is 0 Å². The molecule has 146 valence electrons. The number of hydrogen-bond donors (Lipinski definition) is 2. The molecule has 0 spiro atoms. The Morgan fingerprint density at radius 2 is 1.67 bits per heavy atom. The van der Waals surface area contributed by atoms with Crippen molar-refractivity contribution in [2.24, 2.45) is 4.99 Å². The highest BCUT2D eigenvalue weighted by molar-refractivity contribution is 6.21. The summed E-state index contributed by atoms with van der Waals surface area (Å²) in [6.45, 7) is 1.80. The van der Waals surface area contributed by atoms with E-state index >= 15 is 0 Å². The summed E-state index contributed by atoms with van der Waals surface area (Å²) in [5, 5.41) is 7.36. The molecular weight excluding hydrogens is 380 g/mol. The van der Waals surface area contributed by atoms with Crippen LogP contribution < -0.4 is 10.9 Å². The third-order valence-electron chi connectivity index (χ3n) is 5.19. The van der Waals surface area contributed by atoms with Gasteiger partial charge in [-0.05, 0) is 36.6 Å². The average Bonchev–Trinajstić information content (AvgIpc) is 3.20. The van der Waals surface area contributed by atoms with Crippen molar-refractivity contribution in [2.75, 3.05) is 0 Å². The molecule has 0 bridgehead atoms. The van der Waals surface area contributed by atoms with E-state index in [2.05, 4.69) is 15.4 Å². The van der Waals surface area contributed by atoms with Gasteiger partial charge >= 0.3 is 0 Å². The van der Waals surface area contributed by atoms with Gasteiger partial charge < -0.3 is 0 Å². The van der Waals surface area contributed by atoms with Crippen LogP contribution in [0.15, 0.2) is 70.5 Å². The van der Waals surface area contributed by atoms with Gasteiger partial charge in [-0.2, -0.15) is 0 Å². The van der Waals surface area contributed by atoms with E-state index < -0.39 is 11.8 Å². The van der Waals surface area contributed by atoms with Crippen LogP contribution in [-0.4, -0.2) is 27.8 Å². The van der Waals surface area contributed by atoms with Gasteiger partial charge in [0.25, 0.3) is 17.4 Å². The largest absolute Gasteiger partial charge is 0.295 e. The fourth-order valence-electron chi connectivity index (χ4n) is 3.66. The molecule has 5 rings (SSSR count). The van der Waals surface area contributed by atoms with Crippen molar-refractivity contribution in [2.45, 2.75) is 6.92 Å². The number of imide groups is 1. The van der Waals surface area contributed by atoms with Gasteiger partial charge in [0.1, 0.15) is 0 Å². The van der Waals surface area contributed by atoms with Crippen LogP contribution in [0.5, 0.6) is 0 Å². The fourth-order valence-corrected chi connectivity index (χ4v) is 3.66. The third-order valence-corrected chi connectivity index (χ3v) is 5.19. The van der Waals surface area contributed by atoms with Crippen LogP contribution in [0.1, 0.15) is 32.0 Å². The Labute approximate surface area is 170 Å². The molecule has 3 aromatic carbocycles. The number of aryl methyl sites for hydroxylation is 1. The first-order valence-electron chi connectivity index (χ1n) is 9.36. The molecule has 0 fully saturated rings. The first-order chi connectivity index (χ1) is 14.5. The summed E-state index contributed by atoms with van der Waals surface area (Å²) in [4.78, 5) is 40.9. The Balaban J connectivity index is 1.55. The number of aliphatic imine (C=N–C) groups is 1. The summed E-state index contributed by atoms with van der Waals surface area (Å²) in [5.74, 6) is -0.854. The number of amides is 2. The van der Waals surface area contributed by atoms with Gasteiger partial charge in [-0.25, -0.2) is 4.68 Å². The number of nitrogens with zero attached hydrogens (tertiary/aromatic N) is 2. The molecule has 1 aliphatic rings. The maximum absolute atomic E-state index is 13.1. The van der Waals surface area contributed by atoms with Gasteiger partial charge in [-0.3, -0.25) is 29.8 Å². The standard InChI is InChI=1S/C23H16N4O3/c1-13-19(12-24-15-9-10-17-18(11-15)22(29)25-21(17)28)23(30)27(26-13)20-8-4-6-14-5-2-3-7-16(14)20/h2-12,26H,1H3,(H,25,28,29). The van der Waals surface area contributed by atoms with Crippen molar-refractivity contribution in [3.63, 3.8) is 0 Å². The number of fused-ring (bicyclic) bond motifs is 2. The highest BCUT2D eigenvalue weighted by atomic mass is 16.2. The molecule has 1 aliphatic heterocycles. The third kappa shape index (κ3) is 2.76. The number of rotatable bonds is 3. The summed E-state index contributed by atoms with van der Waals surface area (Å²) in [7, 11) is 0. The number of nitrogens with one attached hydrogen (secondary N) is 2. The van der Waals surface area contributed by atoms with Crippen LogP contribution in [0, 0.1) is 6.92 Å². The molecule has 2 amide bonds. The second-order valence-electron chi connectivity index (χ2n) is 7.06. The number of aromatic nitrogens is 2. The van der Waals surface area contributed by atoms with Crippen LogP contribution in [0.25, 0.3) is 16.5 Å². The minimum absolute atomic E-state index is 0.221. The van der Waals surface area contributed by atoms with E-state index in [0.717, 1.165) is 16.5 Å². The van der Waals surface area contributed by atoms with Crippen molar-refractivity contribution in [3.05, 3.63) is 93.4 Å². The van der Waals surface area contributed by atoms with E-state index in [1.807, 2.05) is 42.5 Å². The molecule has 7 nitrogen and oxygen atoms in total. The highest BCUT2D eigenvalue weighted by Crippen LogP contribution is 2.23. The summed E-state index contributed by atoms with van der Waals surface area (Å²) in [5.41, 5.74) is 2.73. The molecule has 0 atom stereocenters. The van der Waals surface area contributed by atoms with Gasteiger partial charge in [0.2, 0.25) is 0 Å². The molecule has 7 heteroatoms. The summed E-state index contributed by atoms with van der Waals surface area (Å²) >= 11 is 0. The van der Waals surface area contributed by atoms with Crippen LogP contribution in [0.2, 0.25) is 0 Å². The quantitative estimate of drug-likeness (QED) is 0.411. The smallest absolute Gasteiger partial charge is 0.280 e. The van der Waals surface area contributed by atoms with Crippen molar-refractivity contribution >= 4 is 34.5 Å². The van der Waals surface area contributed by atoms with E-state index in [0.29, 0.717) is 22.5 Å². The molecule has 0 saturated heterocycles. The Kier molecular flexibility index (Phi) is 3.96. The molecule has 0 unspecified atom stereocenters. The van der Waals surface area contributed by atoms with Gasteiger partial charge in [0.15, 0.2) is 0 Å². The highest BCUT2D eigenvalue weighted by Gasteiger charge is 2.26. The molecule has 0 saturated carbocycles. The number of carbonyl (C=O) groups excluding carboxylic acids is 2. The zero-order chi connectivity index (χ0) is 20.8. The van der Waals surface area contributed by atoms with Crippen LogP contribution in [-0.2, 0) is 0 Å². The predicted molar refractivity (Wildman–Crippen MR) is 114 cm³/mol. The lowest BCUT2D eigenvalue weighted by molar-refractivity contribution is 0.0879. The van der Waals surface area contributed by atoms with Crippen molar-refractivity contribution in [3.8, 4) is 5.69 Å². The minimum Gasteiger partial charge on any atom is -0.295 e. The molecule has 2 heterocycles. The van der Waals surface area contributed by atoms with E-state index in [-0.39, 0.29) is 11.1 Å². The Morgan fingerprint density at radius 3 is 2.53 bits per heavy atom. The normalized spacial score (nSPS) is 13.2. The summed E-state index contributed by atoms with van der Waals surface area (Å²) in [6.07, 6.45) is 1.48. The van der Waals surface area contributed by atoms with Gasteiger partial charge in [-0.1, -0.05) is 36.4 Å². The fraction of sp³-hybridized carbons (Fsp3) is 0.0435. The monoisotopic (exact) mass is 396 g/mol. The van der Waals surface area contributed by atoms with Gasteiger partial charge in [0, 0.05) is 17.3 Å². The number of hydrogen-bond acceptors (Lipinski definition) is 4. The van der Waals surface area contributed by atoms with Gasteiger partial charge in [-0.15, -0.1) is 0 Å². The lowest BCUT2D eigenvalue weighted by atomic mass is 10.1. The molecule has 30 heavy (non-hydrogen) atoms. The molecule has 4 aromatic rings. The second-order valence-corrected chi connectivity index (χ2v) is 7.06. The van der Waals surface area contributed by atoms with Crippen LogP contribution >= 0.6 is 0 Å². The van der Waals surface area contributed by atoms with E-state index in [1.54, 1.807) is 19.1 Å². The number of H-pyrrole nitrogens is 1. The minimum atomic E-state index is -0.441. The van der Waals surface area contributed by atoms with E-state index in [4.69, 9.17) is 0 Å². The predicted octanol–water partition coefficient (Wildman–Crippen LogP) is 3.26. The summed E-state index contributed by atoms with van der Waals surface area (Å²) < 4.78 is 1.51.